The number of aryl methyl sites for hydroxylation is 1. The summed E-state index contributed by atoms with van der Waals surface area (Å²) >= 11 is 3.45. The molecule has 0 atom stereocenters. The summed E-state index contributed by atoms with van der Waals surface area (Å²) in [6.45, 7) is 4.33. The molecule has 0 aliphatic rings. The van der Waals surface area contributed by atoms with E-state index < -0.39 is 0 Å². The third-order valence-electron chi connectivity index (χ3n) is 2.05. The predicted octanol–water partition coefficient (Wildman–Crippen LogP) is 4.05. The molecule has 0 amide bonds. The molecule has 1 heteroatoms. The normalized spacial score (nSPS) is 11.8. The van der Waals surface area contributed by atoms with Crippen molar-refractivity contribution < 1.29 is 0 Å². The first-order valence-corrected chi connectivity index (χ1v) is 5.71. The molecule has 1 aromatic rings. The summed E-state index contributed by atoms with van der Waals surface area (Å²) in [5.74, 6) is 0. The molecule has 0 aliphatic carbocycles. The highest BCUT2D eigenvalue weighted by Gasteiger charge is 1.95. The van der Waals surface area contributed by atoms with Crippen molar-refractivity contribution in [3.63, 3.8) is 0 Å². The molecule has 0 bridgehead atoms. The minimum atomic E-state index is 0.949. The van der Waals surface area contributed by atoms with Gasteiger partial charge in [0, 0.05) is 5.33 Å². The molecule has 0 nitrogen and oxygen atoms in total. The standard InChI is InChI=1S/C12H15Br/c1-3-11-6-4-5-7-12(11)8-10(2)9-13/h4-8H,3,9H2,1-2H3. The smallest absolute Gasteiger partial charge is 0.0242 e. The maximum absolute atomic E-state index is 3.45. The Morgan fingerprint density at radius 2 is 2.08 bits per heavy atom. The maximum Gasteiger partial charge on any atom is 0.0242 e. The fraction of sp³-hybridized carbons (Fsp3) is 0.333. The highest BCUT2D eigenvalue weighted by atomic mass is 79.9. The van der Waals surface area contributed by atoms with Gasteiger partial charge in [0.25, 0.3) is 0 Å². The summed E-state index contributed by atoms with van der Waals surface area (Å²) in [4.78, 5) is 0. The van der Waals surface area contributed by atoms with Crippen molar-refractivity contribution >= 4 is 22.0 Å². The van der Waals surface area contributed by atoms with Gasteiger partial charge in [-0.3, -0.25) is 0 Å². The van der Waals surface area contributed by atoms with Crippen LogP contribution in [-0.2, 0) is 6.42 Å². The van der Waals surface area contributed by atoms with Gasteiger partial charge in [-0.25, -0.2) is 0 Å². The van der Waals surface area contributed by atoms with Crippen LogP contribution in [-0.4, -0.2) is 5.33 Å². The molecule has 0 spiro atoms. The fourth-order valence-corrected chi connectivity index (χ4v) is 1.46. The quantitative estimate of drug-likeness (QED) is 0.698. The van der Waals surface area contributed by atoms with Crippen molar-refractivity contribution in [1.29, 1.82) is 0 Å². The zero-order valence-electron chi connectivity index (χ0n) is 8.18. The number of rotatable bonds is 3. The van der Waals surface area contributed by atoms with Crippen molar-refractivity contribution in [1.82, 2.24) is 0 Å². The van der Waals surface area contributed by atoms with E-state index in [0.717, 1.165) is 11.8 Å². The molecule has 0 unspecified atom stereocenters. The summed E-state index contributed by atoms with van der Waals surface area (Å²) in [5.41, 5.74) is 4.13. The number of hydrogen-bond donors (Lipinski definition) is 0. The second kappa shape index (κ2) is 5.23. The summed E-state index contributed by atoms with van der Waals surface area (Å²) in [6, 6.07) is 8.55. The van der Waals surface area contributed by atoms with E-state index in [0.29, 0.717) is 0 Å². The summed E-state index contributed by atoms with van der Waals surface area (Å²) in [6.07, 6.45) is 3.34. The fourth-order valence-electron chi connectivity index (χ4n) is 1.30. The van der Waals surface area contributed by atoms with Crippen LogP contribution in [0.1, 0.15) is 25.0 Å². The van der Waals surface area contributed by atoms with E-state index in [-0.39, 0.29) is 0 Å². The van der Waals surface area contributed by atoms with Crippen molar-refractivity contribution in [3.05, 3.63) is 41.0 Å². The van der Waals surface area contributed by atoms with Gasteiger partial charge in [-0.05, 0) is 24.5 Å². The third-order valence-corrected chi connectivity index (χ3v) is 2.93. The monoisotopic (exact) mass is 238 g/mol. The average Bonchev–Trinajstić information content (AvgIpc) is 2.18. The van der Waals surface area contributed by atoms with E-state index in [1.165, 1.54) is 16.7 Å². The topological polar surface area (TPSA) is 0 Å². The predicted molar refractivity (Wildman–Crippen MR) is 63.3 cm³/mol. The van der Waals surface area contributed by atoms with Gasteiger partial charge in [0.1, 0.15) is 0 Å². The number of alkyl halides is 1. The molecule has 0 fully saturated rings. The zero-order chi connectivity index (χ0) is 9.68. The molecule has 0 radical (unpaired) electrons. The van der Waals surface area contributed by atoms with Gasteiger partial charge in [-0.2, -0.15) is 0 Å². The van der Waals surface area contributed by atoms with Crippen LogP contribution in [0.15, 0.2) is 29.8 Å². The lowest BCUT2D eigenvalue weighted by Gasteiger charge is -2.03. The Kier molecular flexibility index (Phi) is 4.23. The van der Waals surface area contributed by atoms with Crippen LogP contribution < -0.4 is 0 Å². The maximum atomic E-state index is 3.45. The summed E-state index contributed by atoms with van der Waals surface area (Å²) in [7, 11) is 0. The van der Waals surface area contributed by atoms with Gasteiger partial charge in [0.15, 0.2) is 0 Å². The first-order chi connectivity index (χ1) is 6.27. The third kappa shape index (κ3) is 3.00. The molecule has 0 aromatic heterocycles. The van der Waals surface area contributed by atoms with Crippen LogP contribution in [0, 0.1) is 0 Å². The Labute approximate surface area is 88.8 Å². The molecular formula is C12H15Br. The van der Waals surface area contributed by atoms with Crippen LogP contribution >= 0.6 is 15.9 Å². The Bertz CT molecular complexity index is 300. The summed E-state index contributed by atoms with van der Waals surface area (Å²) < 4.78 is 0. The molecule has 0 heterocycles. The second-order valence-corrected chi connectivity index (χ2v) is 3.74. The van der Waals surface area contributed by atoms with Gasteiger partial charge in [-0.15, -0.1) is 0 Å². The Morgan fingerprint density at radius 1 is 1.38 bits per heavy atom. The molecular weight excluding hydrogens is 224 g/mol. The largest absolute Gasteiger partial charge is 0.0880 e. The van der Waals surface area contributed by atoms with Gasteiger partial charge in [0.2, 0.25) is 0 Å². The Hall–Kier alpha value is -0.560. The van der Waals surface area contributed by atoms with Crippen LogP contribution in [0.3, 0.4) is 0 Å². The van der Waals surface area contributed by atoms with Gasteiger partial charge in [-0.1, -0.05) is 58.8 Å². The SMILES string of the molecule is CCc1ccccc1C=C(C)CBr. The van der Waals surface area contributed by atoms with Crippen LogP contribution in [0.2, 0.25) is 0 Å². The van der Waals surface area contributed by atoms with Crippen LogP contribution in [0.25, 0.3) is 6.08 Å². The highest BCUT2D eigenvalue weighted by Crippen LogP contribution is 2.14. The van der Waals surface area contributed by atoms with Crippen molar-refractivity contribution in [2.75, 3.05) is 5.33 Å². The van der Waals surface area contributed by atoms with Gasteiger partial charge in [0.05, 0.1) is 0 Å². The van der Waals surface area contributed by atoms with E-state index in [9.17, 15) is 0 Å². The molecule has 0 aliphatic heterocycles. The molecule has 13 heavy (non-hydrogen) atoms. The van der Waals surface area contributed by atoms with E-state index in [1.807, 2.05) is 0 Å². The summed E-state index contributed by atoms with van der Waals surface area (Å²) in [5, 5.41) is 0.949. The van der Waals surface area contributed by atoms with Gasteiger partial charge >= 0.3 is 0 Å². The first-order valence-electron chi connectivity index (χ1n) is 4.59. The molecule has 1 rings (SSSR count). The van der Waals surface area contributed by atoms with Gasteiger partial charge < -0.3 is 0 Å². The number of halogens is 1. The zero-order valence-corrected chi connectivity index (χ0v) is 9.76. The van der Waals surface area contributed by atoms with Crippen LogP contribution in [0.4, 0.5) is 0 Å². The number of benzene rings is 1. The van der Waals surface area contributed by atoms with Crippen LogP contribution in [0.5, 0.6) is 0 Å². The lowest BCUT2D eigenvalue weighted by atomic mass is 10.0. The molecule has 0 N–H and O–H groups in total. The number of allylic oxidation sites excluding steroid dienone is 1. The highest BCUT2D eigenvalue weighted by molar-refractivity contribution is 9.09. The van der Waals surface area contributed by atoms with E-state index in [1.54, 1.807) is 0 Å². The van der Waals surface area contributed by atoms with Crippen molar-refractivity contribution in [2.45, 2.75) is 20.3 Å². The minimum absolute atomic E-state index is 0.949. The second-order valence-electron chi connectivity index (χ2n) is 3.18. The lowest BCUT2D eigenvalue weighted by molar-refractivity contribution is 1.13. The Morgan fingerprint density at radius 3 is 2.69 bits per heavy atom. The van der Waals surface area contributed by atoms with E-state index >= 15 is 0 Å². The minimum Gasteiger partial charge on any atom is -0.0880 e. The van der Waals surface area contributed by atoms with E-state index in [2.05, 4.69) is 60.1 Å². The molecule has 0 saturated carbocycles. The molecule has 1 aromatic carbocycles. The molecule has 70 valence electrons. The Balaban J connectivity index is 2.99. The number of hydrogen-bond acceptors (Lipinski definition) is 0. The molecule has 0 saturated heterocycles. The van der Waals surface area contributed by atoms with Crippen molar-refractivity contribution in [2.24, 2.45) is 0 Å². The lowest BCUT2D eigenvalue weighted by Crippen LogP contribution is -1.86. The first kappa shape index (κ1) is 10.5. The van der Waals surface area contributed by atoms with Crippen molar-refractivity contribution in [3.8, 4) is 0 Å². The average molecular weight is 239 g/mol. The van der Waals surface area contributed by atoms with E-state index in [4.69, 9.17) is 0 Å².